The quantitative estimate of drug-likeness (QED) is 0.542. The van der Waals surface area contributed by atoms with Crippen LogP contribution in [0.3, 0.4) is 0 Å². The molecule has 36 heavy (non-hydrogen) atoms. The summed E-state index contributed by atoms with van der Waals surface area (Å²) in [6.45, 7) is 6.28. The molecule has 1 aromatic carbocycles. The summed E-state index contributed by atoms with van der Waals surface area (Å²) >= 11 is 0. The van der Waals surface area contributed by atoms with Crippen LogP contribution in [0.25, 0.3) is 0 Å². The predicted octanol–water partition coefficient (Wildman–Crippen LogP) is 0.901. The van der Waals surface area contributed by atoms with Gasteiger partial charge in [-0.1, -0.05) is 0 Å². The zero-order valence-electron chi connectivity index (χ0n) is 21.8. The molecule has 1 aromatic rings. The summed E-state index contributed by atoms with van der Waals surface area (Å²) < 4.78 is 10.8. The van der Waals surface area contributed by atoms with Gasteiger partial charge in [0.2, 0.25) is 5.91 Å². The van der Waals surface area contributed by atoms with E-state index in [-0.39, 0.29) is 35.5 Å². The summed E-state index contributed by atoms with van der Waals surface area (Å²) in [5.41, 5.74) is -0.825. The van der Waals surface area contributed by atoms with Crippen LogP contribution >= 0.6 is 0 Å². The van der Waals surface area contributed by atoms with E-state index in [0.717, 1.165) is 0 Å². The molecule has 11 nitrogen and oxygen atoms in total. The Labute approximate surface area is 212 Å². The van der Waals surface area contributed by atoms with E-state index in [4.69, 9.17) is 9.47 Å². The lowest BCUT2D eigenvalue weighted by Crippen LogP contribution is -2.48. The van der Waals surface area contributed by atoms with Gasteiger partial charge in [0.1, 0.15) is 23.1 Å². The number of carbonyl (C=O) groups is 4. The molecule has 200 valence electrons. The second-order valence-corrected chi connectivity index (χ2v) is 9.38. The molecule has 0 radical (unpaired) electrons. The fourth-order valence-corrected chi connectivity index (χ4v) is 3.74. The summed E-state index contributed by atoms with van der Waals surface area (Å²) in [5.74, 6) is -1.39. The third-order valence-corrected chi connectivity index (χ3v) is 6.02. The minimum Gasteiger partial charge on any atom is -0.508 e. The lowest BCUT2D eigenvalue weighted by atomic mass is 10.1. The second kappa shape index (κ2) is 13.1. The first-order chi connectivity index (χ1) is 16.9. The van der Waals surface area contributed by atoms with Crippen molar-refractivity contribution in [1.82, 2.24) is 20.4 Å². The number of benzene rings is 1. The summed E-state index contributed by atoms with van der Waals surface area (Å²) in [5, 5.41) is 15.4. The van der Waals surface area contributed by atoms with Crippen LogP contribution in [0.1, 0.15) is 50.4 Å². The van der Waals surface area contributed by atoms with Crippen molar-refractivity contribution in [3.05, 3.63) is 23.8 Å². The summed E-state index contributed by atoms with van der Waals surface area (Å²) in [6.07, 6.45) is 1.84. The number of phenols is 1. The van der Waals surface area contributed by atoms with Crippen molar-refractivity contribution in [2.45, 2.75) is 51.7 Å². The molecular formula is C25H38N4O7. The highest BCUT2D eigenvalue weighted by Gasteiger charge is 2.31. The van der Waals surface area contributed by atoms with Gasteiger partial charge in [-0.15, -0.1) is 0 Å². The molecule has 0 spiro atoms. The third-order valence-electron chi connectivity index (χ3n) is 6.02. The summed E-state index contributed by atoms with van der Waals surface area (Å²) in [6, 6.07) is 3.24. The molecule has 1 aliphatic rings. The van der Waals surface area contributed by atoms with Crippen molar-refractivity contribution >= 4 is 23.6 Å². The largest absolute Gasteiger partial charge is 0.508 e. The minimum absolute atomic E-state index is 0.138. The Morgan fingerprint density at radius 3 is 2.47 bits per heavy atom. The normalized spacial score (nSPS) is 19.7. The topological polar surface area (TPSA) is 138 Å². The van der Waals surface area contributed by atoms with Crippen LogP contribution in [0.15, 0.2) is 18.2 Å². The van der Waals surface area contributed by atoms with Crippen LogP contribution < -0.4 is 15.4 Å². The van der Waals surface area contributed by atoms with E-state index >= 15 is 0 Å². The molecular weight excluding hydrogens is 468 g/mol. The zero-order valence-corrected chi connectivity index (χ0v) is 21.8. The number of aromatic hydroxyl groups is 1. The number of hydrogen-bond acceptors (Lipinski definition) is 7. The Kier molecular flexibility index (Phi) is 10.5. The van der Waals surface area contributed by atoms with E-state index in [1.54, 1.807) is 37.6 Å². The number of hydrogen-bond donors (Lipinski definition) is 3. The number of phenolic OH excluding ortho intramolecular Hbond substituents is 1. The van der Waals surface area contributed by atoms with E-state index in [0.29, 0.717) is 45.4 Å². The van der Waals surface area contributed by atoms with Gasteiger partial charge in [-0.2, -0.15) is 0 Å². The number of ether oxygens (including phenoxy) is 2. The first-order valence-electron chi connectivity index (χ1n) is 12.1. The maximum absolute atomic E-state index is 13.0. The second-order valence-electron chi connectivity index (χ2n) is 9.38. The third kappa shape index (κ3) is 8.40. The van der Waals surface area contributed by atoms with Crippen LogP contribution in [0.2, 0.25) is 0 Å². The highest BCUT2D eigenvalue weighted by Crippen LogP contribution is 2.22. The first-order valence-corrected chi connectivity index (χ1v) is 12.1. The molecule has 2 rings (SSSR count). The first kappa shape index (κ1) is 28.9. The Balaban J connectivity index is 2.20. The Morgan fingerprint density at radius 1 is 1.11 bits per heavy atom. The van der Waals surface area contributed by atoms with Crippen LogP contribution in [0.5, 0.6) is 11.5 Å². The molecule has 1 aliphatic heterocycles. The van der Waals surface area contributed by atoms with E-state index in [9.17, 15) is 24.3 Å². The molecule has 0 saturated heterocycles. The number of carbonyl (C=O) groups excluding carboxylic acids is 4. The molecule has 11 heteroatoms. The lowest BCUT2D eigenvalue weighted by Gasteiger charge is -2.31. The average molecular weight is 507 g/mol. The highest BCUT2D eigenvalue weighted by atomic mass is 16.5. The zero-order chi connectivity index (χ0) is 26.9. The number of nitrogens with one attached hydrogen (secondary N) is 2. The Hall–Kier alpha value is -3.34. The van der Waals surface area contributed by atoms with Crippen molar-refractivity contribution in [3.8, 4) is 11.5 Å². The molecule has 3 N–H and O–H groups in total. The van der Waals surface area contributed by atoms with Crippen molar-refractivity contribution in [1.29, 1.82) is 0 Å². The van der Waals surface area contributed by atoms with Gasteiger partial charge >= 0.3 is 0 Å². The predicted molar refractivity (Wildman–Crippen MR) is 133 cm³/mol. The van der Waals surface area contributed by atoms with Crippen LogP contribution in [0, 0.1) is 0 Å². The number of likely N-dealkylation sites (N-methyl/N-ethyl adjacent to an activating group) is 1. The monoisotopic (exact) mass is 506 g/mol. The van der Waals surface area contributed by atoms with Crippen LogP contribution in [0.4, 0.5) is 0 Å². The van der Waals surface area contributed by atoms with E-state index < -0.39 is 23.5 Å². The van der Waals surface area contributed by atoms with Gasteiger partial charge in [0, 0.05) is 52.0 Å². The fourth-order valence-electron chi connectivity index (χ4n) is 3.74. The van der Waals surface area contributed by atoms with E-state index in [1.807, 2.05) is 0 Å². The van der Waals surface area contributed by atoms with E-state index in [2.05, 4.69) is 10.6 Å². The molecule has 1 heterocycles. The number of fused-ring (bicyclic) bond motifs is 2. The van der Waals surface area contributed by atoms with Gasteiger partial charge in [-0.05, 0) is 52.2 Å². The SMILES string of the molecule is COC(C)(C)C(=O)N1CCCCN(C)C(=O)[C@H](C)NC(=O)COc2cc(O)cc(c2)C(=O)NCCC1. The molecule has 1 atom stereocenters. The van der Waals surface area contributed by atoms with Gasteiger partial charge in [-0.3, -0.25) is 19.2 Å². The maximum atomic E-state index is 13.0. The molecule has 2 bridgehead atoms. The van der Waals surface area contributed by atoms with Gasteiger partial charge in [-0.25, -0.2) is 0 Å². The summed E-state index contributed by atoms with van der Waals surface area (Å²) in [4.78, 5) is 53.8. The van der Waals surface area contributed by atoms with Gasteiger partial charge in [0.25, 0.3) is 17.7 Å². The number of amides is 4. The van der Waals surface area contributed by atoms with Crippen molar-refractivity contribution in [3.63, 3.8) is 0 Å². The molecule has 0 unspecified atom stereocenters. The average Bonchev–Trinajstić information content (AvgIpc) is 2.84. The molecule has 4 amide bonds. The van der Waals surface area contributed by atoms with Crippen molar-refractivity contribution in [2.75, 3.05) is 46.9 Å². The van der Waals surface area contributed by atoms with Crippen LogP contribution in [-0.4, -0.2) is 97.1 Å². The Morgan fingerprint density at radius 2 is 1.78 bits per heavy atom. The highest BCUT2D eigenvalue weighted by molar-refractivity contribution is 5.95. The van der Waals surface area contributed by atoms with Gasteiger partial charge in [0.15, 0.2) is 6.61 Å². The molecule has 0 aliphatic carbocycles. The number of nitrogens with zero attached hydrogens (tertiary/aromatic N) is 2. The van der Waals surface area contributed by atoms with Gasteiger partial charge in [0.05, 0.1) is 0 Å². The number of methoxy groups -OCH3 is 1. The van der Waals surface area contributed by atoms with Crippen LogP contribution in [-0.2, 0) is 19.1 Å². The minimum atomic E-state index is -0.991. The van der Waals surface area contributed by atoms with E-state index in [1.165, 1.54) is 25.3 Å². The fraction of sp³-hybridized carbons (Fsp3) is 0.600. The lowest BCUT2D eigenvalue weighted by molar-refractivity contribution is -0.151. The van der Waals surface area contributed by atoms with Crippen molar-refractivity contribution < 1.29 is 33.8 Å². The maximum Gasteiger partial charge on any atom is 0.258 e. The Bertz CT molecular complexity index is 950. The molecule has 0 saturated carbocycles. The summed E-state index contributed by atoms with van der Waals surface area (Å²) in [7, 11) is 3.15. The smallest absolute Gasteiger partial charge is 0.258 e. The standard InChI is InChI=1S/C25H38N4O7/c1-17-23(33)28(4)10-6-7-11-29(24(34)25(2,3)35-5)12-8-9-26-22(32)18-13-19(30)15-20(14-18)36-16-21(31)27-17/h13-15,17,30H,6-12,16H2,1-5H3,(H,26,32)(H,27,31)/t17-/m0/s1. The number of rotatable bonds is 2. The van der Waals surface area contributed by atoms with Gasteiger partial charge < -0.3 is 35.0 Å². The molecule has 0 fully saturated rings. The molecule has 0 aromatic heterocycles. The van der Waals surface area contributed by atoms with Crippen molar-refractivity contribution in [2.24, 2.45) is 0 Å².